The van der Waals surface area contributed by atoms with E-state index >= 15 is 0 Å². The van der Waals surface area contributed by atoms with Crippen LogP contribution >= 0.6 is 27.5 Å². The van der Waals surface area contributed by atoms with E-state index in [9.17, 15) is 17.3 Å². The second-order valence-electron chi connectivity index (χ2n) is 6.52. The molecule has 32 heavy (non-hydrogen) atoms. The number of hydrogen-bond donors (Lipinski definition) is 1. The summed E-state index contributed by atoms with van der Waals surface area (Å²) in [6.45, 7) is 0. The van der Waals surface area contributed by atoms with Crippen LogP contribution in [-0.2, 0) is 0 Å². The quantitative estimate of drug-likeness (QED) is 0.256. The van der Waals surface area contributed by atoms with Crippen LogP contribution in [0.5, 0.6) is 5.75 Å². The monoisotopic (exact) mass is 527 g/mol. The van der Waals surface area contributed by atoms with Crippen LogP contribution in [0, 0.1) is 0 Å². The maximum Gasteiger partial charge on any atom is 0.673 e. The molecule has 0 spiro atoms. The lowest BCUT2D eigenvalue weighted by Gasteiger charge is -2.05. The fourth-order valence-electron chi connectivity index (χ4n) is 2.85. The third-order valence-electron chi connectivity index (χ3n) is 4.22. The molecule has 0 atom stereocenters. The first-order valence-electron chi connectivity index (χ1n) is 9.23. The molecule has 1 aromatic heterocycles. The van der Waals surface area contributed by atoms with Crippen molar-refractivity contribution in [3.05, 3.63) is 87.6 Å². The van der Waals surface area contributed by atoms with Crippen LogP contribution in [0.1, 0.15) is 0 Å². The lowest BCUT2D eigenvalue weighted by Crippen LogP contribution is -2.70. The zero-order valence-electron chi connectivity index (χ0n) is 16.6. The Morgan fingerprint density at radius 2 is 1.53 bits per heavy atom. The number of methoxy groups -OCH3 is 1. The van der Waals surface area contributed by atoms with Crippen molar-refractivity contribution in [2.45, 2.75) is 0 Å². The molecule has 3 aromatic carbocycles. The van der Waals surface area contributed by atoms with Crippen molar-refractivity contribution in [2.24, 2.45) is 0 Å². The fourth-order valence-corrected chi connectivity index (χ4v) is 3.34. The Hall–Kier alpha value is -2.78. The highest BCUT2D eigenvalue weighted by Crippen LogP contribution is 2.25. The topological polar surface area (TPSA) is 36.3 Å². The van der Waals surface area contributed by atoms with Gasteiger partial charge in [0, 0.05) is 27.2 Å². The van der Waals surface area contributed by atoms with Crippen molar-refractivity contribution in [2.75, 3.05) is 7.11 Å². The molecule has 0 unspecified atom stereocenters. The molecule has 4 rings (SSSR count). The molecule has 0 fully saturated rings. The SMILES string of the molecule is COc1ccc(-c2cc(=[NH+]c3ccc(Cl)cc3)c3cc(Br)ccc3o2)cc1.F[B-](F)(F)F. The summed E-state index contributed by atoms with van der Waals surface area (Å²) in [6.07, 6.45) is 0. The third kappa shape index (κ3) is 6.86. The molecule has 166 valence electrons. The largest absolute Gasteiger partial charge is 0.673 e. The molecule has 10 heteroatoms. The van der Waals surface area contributed by atoms with E-state index in [0.717, 1.165) is 43.6 Å². The number of nitrogens with one attached hydrogen (secondary N) is 1. The Bertz CT molecular complexity index is 1270. The van der Waals surface area contributed by atoms with Crippen LogP contribution in [0.3, 0.4) is 0 Å². The molecule has 0 amide bonds. The highest BCUT2D eigenvalue weighted by molar-refractivity contribution is 9.10. The first kappa shape index (κ1) is 23.9. The smallest absolute Gasteiger partial charge is 0.497 e. The summed E-state index contributed by atoms with van der Waals surface area (Å²) in [5.74, 6) is 1.58. The minimum Gasteiger partial charge on any atom is -0.497 e. The molecule has 0 aliphatic rings. The summed E-state index contributed by atoms with van der Waals surface area (Å²) in [5, 5.41) is 2.64. The van der Waals surface area contributed by atoms with Gasteiger partial charge >= 0.3 is 7.25 Å². The van der Waals surface area contributed by atoms with Gasteiger partial charge in [-0.3, -0.25) is 0 Å². The number of benzene rings is 3. The van der Waals surface area contributed by atoms with Crippen molar-refractivity contribution >= 4 is 51.4 Å². The summed E-state index contributed by atoms with van der Waals surface area (Å²) in [4.78, 5) is 3.47. The minimum absolute atomic E-state index is 0.704. The van der Waals surface area contributed by atoms with Crippen molar-refractivity contribution in [1.82, 2.24) is 0 Å². The molecule has 0 bridgehead atoms. The Kier molecular flexibility index (Phi) is 7.63. The molecule has 0 aliphatic heterocycles. The van der Waals surface area contributed by atoms with Crippen LogP contribution in [0.25, 0.3) is 22.3 Å². The molecule has 4 aromatic rings. The van der Waals surface area contributed by atoms with Crippen molar-refractivity contribution in [3.8, 4) is 17.1 Å². The lowest BCUT2D eigenvalue weighted by molar-refractivity contribution is -0.400. The van der Waals surface area contributed by atoms with E-state index in [1.165, 1.54) is 0 Å². The summed E-state index contributed by atoms with van der Waals surface area (Å²) in [5.41, 5.74) is 2.72. The second-order valence-corrected chi connectivity index (χ2v) is 7.87. The Morgan fingerprint density at radius 1 is 0.906 bits per heavy atom. The van der Waals surface area contributed by atoms with Gasteiger partial charge in [-0.1, -0.05) is 27.5 Å². The Balaban J connectivity index is 0.000000523. The first-order valence-corrected chi connectivity index (χ1v) is 10.4. The third-order valence-corrected chi connectivity index (χ3v) is 4.97. The van der Waals surface area contributed by atoms with Crippen molar-refractivity contribution in [3.63, 3.8) is 0 Å². The average Bonchev–Trinajstić information content (AvgIpc) is 2.74. The molecular formula is C22H16BBrClF4NO2. The van der Waals surface area contributed by atoms with E-state index in [-0.39, 0.29) is 0 Å². The highest BCUT2D eigenvalue weighted by atomic mass is 79.9. The zero-order valence-corrected chi connectivity index (χ0v) is 18.9. The van der Waals surface area contributed by atoms with Gasteiger partial charge in [-0.25, -0.2) is 4.99 Å². The predicted octanol–water partition coefficient (Wildman–Crippen LogP) is 6.14. The number of fused-ring (bicyclic) bond motifs is 1. The van der Waals surface area contributed by atoms with E-state index in [1.807, 2.05) is 72.8 Å². The van der Waals surface area contributed by atoms with E-state index in [1.54, 1.807) is 7.11 Å². The Labute approximate surface area is 194 Å². The fraction of sp³-hybridized carbons (Fsp3) is 0.0455. The van der Waals surface area contributed by atoms with Crippen LogP contribution in [-0.4, -0.2) is 14.4 Å². The van der Waals surface area contributed by atoms with E-state index < -0.39 is 7.25 Å². The highest BCUT2D eigenvalue weighted by Gasteiger charge is 2.20. The van der Waals surface area contributed by atoms with Gasteiger partial charge in [0.25, 0.3) is 0 Å². The van der Waals surface area contributed by atoms with Crippen molar-refractivity contribution < 1.29 is 31.4 Å². The van der Waals surface area contributed by atoms with E-state index in [2.05, 4.69) is 20.9 Å². The molecule has 0 saturated carbocycles. The van der Waals surface area contributed by atoms with Gasteiger partial charge < -0.3 is 26.4 Å². The lowest BCUT2D eigenvalue weighted by atomic mass is 10.1. The molecule has 3 nitrogen and oxygen atoms in total. The number of rotatable bonds is 3. The standard InChI is InChI=1S/C22H15BrClNO2.BF4/c1-26-18-9-2-14(3-10-18)22-13-20(25-17-7-5-16(24)6-8-17)19-12-15(23)4-11-21(19)27-22;2-1(3,4)5/h2-13H,1H3;/q;-1/p+1. The van der Waals surface area contributed by atoms with Crippen LogP contribution < -0.4 is 15.1 Å². The van der Waals surface area contributed by atoms with E-state index in [4.69, 9.17) is 20.8 Å². The minimum atomic E-state index is -6.00. The second kappa shape index (κ2) is 10.2. The summed E-state index contributed by atoms with van der Waals surface area (Å²) in [6, 6.07) is 23.4. The molecule has 0 saturated heterocycles. The van der Waals surface area contributed by atoms with Gasteiger partial charge in [0.1, 0.15) is 17.1 Å². The molecule has 1 N–H and O–H groups in total. The predicted molar refractivity (Wildman–Crippen MR) is 121 cm³/mol. The summed E-state index contributed by atoms with van der Waals surface area (Å²) < 4.78 is 51.4. The molecule has 0 aliphatic carbocycles. The van der Waals surface area contributed by atoms with Gasteiger partial charge in [0.05, 0.1) is 18.6 Å². The van der Waals surface area contributed by atoms with Gasteiger partial charge in [0.15, 0.2) is 0 Å². The number of halogens is 6. The van der Waals surface area contributed by atoms with Gasteiger partial charge in [0.2, 0.25) is 11.0 Å². The van der Waals surface area contributed by atoms with Crippen LogP contribution in [0.15, 0.2) is 81.7 Å². The van der Waals surface area contributed by atoms with Crippen LogP contribution in [0.2, 0.25) is 5.02 Å². The van der Waals surface area contributed by atoms with Crippen LogP contribution in [0.4, 0.5) is 23.0 Å². The first-order chi connectivity index (χ1) is 15.1. The van der Waals surface area contributed by atoms with Gasteiger partial charge in [-0.15, -0.1) is 0 Å². The van der Waals surface area contributed by atoms with Gasteiger partial charge in [-0.05, 0) is 54.6 Å². The molecule has 1 heterocycles. The van der Waals surface area contributed by atoms with Gasteiger partial charge in [-0.2, -0.15) is 0 Å². The average molecular weight is 529 g/mol. The summed E-state index contributed by atoms with van der Waals surface area (Å²) in [7, 11) is -4.35. The zero-order chi connectivity index (χ0) is 23.3. The Morgan fingerprint density at radius 3 is 2.12 bits per heavy atom. The number of ether oxygens (including phenoxy) is 1. The normalized spacial score (nSPS) is 11.8. The summed E-state index contributed by atoms with van der Waals surface area (Å²) >= 11 is 9.54. The molecular weight excluding hydrogens is 512 g/mol. The van der Waals surface area contributed by atoms with Crippen molar-refractivity contribution in [1.29, 1.82) is 0 Å². The maximum absolute atomic E-state index is 9.75. The molecule has 0 radical (unpaired) electrons. The number of hydrogen-bond acceptors (Lipinski definition) is 2. The maximum atomic E-state index is 9.75. The van der Waals surface area contributed by atoms with E-state index in [0.29, 0.717) is 5.02 Å².